The molecule has 1 heterocycles. The van der Waals surface area contributed by atoms with Gasteiger partial charge in [0.2, 0.25) is 15.9 Å². The van der Waals surface area contributed by atoms with Crippen LogP contribution in [-0.4, -0.2) is 31.7 Å². The Morgan fingerprint density at radius 2 is 1.67 bits per heavy atom. The summed E-state index contributed by atoms with van der Waals surface area (Å²) in [5, 5.41) is 2.69. The quantitative estimate of drug-likeness (QED) is 0.923. The van der Waals surface area contributed by atoms with Gasteiger partial charge in [-0.2, -0.15) is 4.31 Å². The van der Waals surface area contributed by atoms with E-state index < -0.39 is 10.0 Å². The zero-order chi connectivity index (χ0) is 15.3. The Bertz CT molecular complexity index is 573. The summed E-state index contributed by atoms with van der Waals surface area (Å²) in [5.41, 5.74) is 0.889. The van der Waals surface area contributed by atoms with Crippen LogP contribution in [0.1, 0.15) is 38.2 Å². The Morgan fingerprint density at radius 1 is 1.10 bits per heavy atom. The fraction of sp³-hybridized carbons (Fsp3) is 0.533. The number of nitrogens with zero attached hydrogens (tertiary/aromatic N) is 1. The summed E-state index contributed by atoms with van der Waals surface area (Å²) in [6, 6.07) is 6.75. The molecular formula is C15H22N2O3S. The van der Waals surface area contributed by atoms with Crippen molar-refractivity contribution in [3.8, 4) is 0 Å². The van der Waals surface area contributed by atoms with E-state index in [1.54, 1.807) is 28.6 Å². The molecule has 1 aromatic carbocycles. The van der Waals surface area contributed by atoms with Crippen LogP contribution in [0.4, 0.5) is 0 Å². The molecule has 1 amide bonds. The van der Waals surface area contributed by atoms with Gasteiger partial charge in [-0.25, -0.2) is 8.42 Å². The average Bonchev–Trinajstić information content (AvgIpc) is 2.75. The monoisotopic (exact) mass is 310 g/mol. The van der Waals surface area contributed by atoms with Gasteiger partial charge in [0.15, 0.2) is 0 Å². The summed E-state index contributed by atoms with van der Waals surface area (Å²) in [7, 11) is -3.39. The van der Waals surface area contributed by atoms with Crippen molar-refractivity contribution in [3.05, 3.63) is 29.8 Å². The minimum Gasteiger partial charge on any atom is -0.352 e. The summed E-state index contributed by atoms with van der Waals surface area (Å²) in [4.78, 5) is 11.2. The molecule has 0 aromatic heterocycles. The molecule has 1 fully saturated rings. The molecule has 2 rings (SSSR count). The molecule has 0 saturated carbocycles. The van der Waals surface area contributed by atoms with Crippen LogP contribution in [0.5, 0.6) is 0 Å². The van der Waals surface area contributed by atoms with E-state index in [4.69, 9.17) is 0 Å². The van der Waals surface area contributed by atoms with Gasteiger partial charge in [-0.3, -0.25) is 4.79 Å². The number of hydrogen-bond donors (Lipinski definition) is 1. The van der Waals surface area contributed by atoms with Gasteiger partial charge in [0.05, 0.1) is 4.90 Å². The predicted octanol–water partition coefficient (Wildman–Crippen LogP) is 1.89. The molecule has 1 N–H and O–H groups in total. The molecule has 1 aliphatic rings. The lowest BCUT2D eigenvalue weighted by molar-refractivity contribution is -0.119. The molecule has 1 aliphatic heterocycles. The summed E-state index contributed by atoms with van der Waals surface area (Å²) in [6.45, 7) is 3.09. The molecule has 1 aromatic rings. The van der Waals surface area contributed by atoms with E-state index in [0.29, 0.717) is 24.5 Å². The van der Waals surface area contributed by atoms with Gasteiger partial charge in [0, 0.05) is 26.6 Å². The molecule has 5 nitrogen and oxygen atoms in total. The van der Waals surface area contributed by atoms with Crippen LogP contribution in [0.3, 0.4) is 0 Å². The van der Waals surface area contributed by atoms with Crippen LogP contribution in [-0.2, 0) is 21.4 Å². The topological polar surface area (TPSA) is 66.5 Å². The van der Waals surface area contributed by atoms with Crippen molar-refractivity contribution in [1.82, 2.24) is 9.62 Å². The van der Waals surface area contributed by atoms with E-state index in [9.17, 15) is 13.2 Å². The number of nitrogens with one attached hydrogen (secondary N) is 1. The van der Waals surface area contributed by atoms with E-state index in [0.717, 1.165) is 31.2 Å². The smallest absolute Gasteiger partial charge is 0.243 e. The van der Waals surface area contributed by atoms with E-state index >= 15 is 0 Å². The van der Waals surface area contributed by atoms with Crippen molar-refractivity contribution in [1.29, 1.82) is 0 Å². The maximum atomic E-state index is 12.6. The van der Waals surface area contributed by atoms with Gasteiger partial charge in [0.25, 0.3) is 0 Å². The first-order valence-electron chi connectivity index (χ1n) is 7.34. The number of amides is 1. The molecule has 1 saturated heterocycles. The maximum Gasteiger partial charge on any atom is 0.243 e. The molecule has 0 unspecified atom stereocenters. The highest BCUT2D eigenvalue weighted by Crippen LogP contribution is 2.20. The third-order valence-corrected chi connectivity index (χ3v) is 5.58. The Morgan fingerprint density at radius 3 is 2.19 bits per heavy atom. The summed E-state index contributed by atoms with van der Waals surface area (Å²) < 4.78 is 26.7. The van der Waals surface area contributed by atoms with E-state index in [1.807, 2.05) is 0 Å². The number of carbonyl (C=O) groups excluding carboxylic acids is 1. The lowest BCUT2D eigenvalue weighted by Gasteiger charge is -2.20. The second-order valence-electron chi connectivity index (χ2n) is 5.37. The zero-order valence-corrected chi connectivity index (χ0v) is 13.2. The first-order chi connectivity index (χ1) is 10.00. The lowest BCUT2D eigenvalue weighted by atomic mass is 10.2. The molecule has 0 spiro atoms. The van der Waals surface area contributed by atoms with Crippen LogP contribution < -0.4 is 5.32 Å². The van der Waals surface area contributed by atoms with Crippen LogP contribution in [0.2, 0.25) is 0 Å². The normalized spacial score (nSPS) is 17.2. The van der Waals surface area contributed by atoms with Crippen LogP contribution in [0.25, 0.3) is 0 Å². The third kappa shape index (κ3) is 4.28. The molecule has 0 atom stereocenters. The Labute approximate surface area is 126 Å². The number of benzene rings is 1. The molecule has 21 heavy (non-hydrogen) atoms. The molecule has 0 bridgehead atoms. The number of sulfonamides is 1. The molecule has 0 aliphatic carbocycles. The van der Waals surface area contributed by atoms with Crippen LogP contribution >= 0.6 is 0 Å². The summed E-state index contributed by atoms with van der Waals surface area (Å²) >= 11 is 0. The van der Waals surface area contributed by atoms with E-state index in [2.05, 4.69) is 5.32 Å². The van der Waals surface area contributed by atoms with Gasteiger partial charge in [-0.1, -0.05) is 25.0 Å². The fourth-order valence-corrected chi connectivity index (χ4v) is 3.95. The highest BCUT2D eigenvalue weighted by atomic mass is 32.2. The van der Waals surface area contributed by atoms with Gasteiger partial charge in [-0.05, 0) is 30.5 Å². The highest BCUT2D eigenvalue weighted by molar-refractivity contribution is 7.89. The first-order valence-corrected chi connectivity index (χ1v) is 8.78. The predicted molar refractivity (Wildman–Crippen MR) is 81.2 cm³/mol. The number of hydrogen-bond acceptors (Lipinski definition) is 3. The second-order valence-corrected chi connectivity index (χ2v) is 7.31. The standard InChI is InChI=1S/C15H22N2O3S/c1-13(18)16-12-14-6-8-15(9-7-14)21(19,20)17-10-4-2-3-5-11-17/h6-9H,2-5,10-12H2,1H3,(H,16,18). The first kappa shape index (κ1) is 16.0. The van der Waals surface area contributed by atoms with Gasteiger partial charge >= 0.3 is 0 Å². The van der Waals surface area contributed by atoms with Crippen molar-refractivity contribution in [2.45, 2.75) is 44.0 Å². The van der Waals surface area contributed by atoms with Crippen molar-refractivity contribution in [2.24, 2.45) is 0 Å². The van der Waals surface area contributed by atoms with Gasteiger partial charge in [-0.15, -0.1) is 0 Å². The number of carbonyl (C=O) groups is 1. The van der Waals surface area contributed by atoms with Gasteiger partial charge in [0.1, 0.15) is 0 Å². The minimum absolute atomic E-state index is 0.101. The SMILES string of the molecule is CC(=O)NCc1ccc(S(=O)(=O)N2CCCCCC2)cc1. The van der Waals surface area contributed by atoms with Crippen molar-refractivity contribution in [3.63, 3.8) is 0 Å². The summed E-state index contributed by atoms with van der Waals surface area (Å²) in [6.07, 6.45) is 4.06. The highest BCUT2D eigenvalue weighted by Gasteiger charge is 2.24. The third-order valence-electron chi connectivity index (χ3n) is 3.67. The van der Waals surface area contributed by atoms with Crippen LogP contribution in [0, 0.1) is 0 Å². The fourth-order valence-electron chi connectivity index (χ4n) is 2.44. The average molecular weight is 310 g/mol. The summed E-state index contributed by atoms with van der Waals surface area (Å²) in [5.74, 6) is -0.101. The molecule has 6 heteroatoms. The second kappa shape index (κ2) is 7.04. The lowest BCUT2D eigenvalue weighted by Crippen LogP contribution is -2.31. The number of rotatable bonds is 4. The maximum absolute atomic E-state index is 12.6. The molecular weight excluding hydrogens is 288 g/mol. The largest absolute Gasteiger partial charge is 0.352 e. The van der Waals surface area contributed by atoms with E-state index in [-0.39, 0.29) is 5.91 Å². The van der Waals surface area contributed by atoms with Gasteiger partial charge < -0.3 is 5.32 Å². The Kier molecular flexibility index (Phi) is 5.36. The zero-order valence-electron chi connectivity index (χ0n) is 12.3. The van der Waals surface area contributed by atoms with Crippen molar-refractivity contribution < 1.29 is 13.2 Å². The molecule has 116 valence electrons. The molecule has 0 radical (unpaired) electrons. The van der Waals surface area contributed by atoms with E-state index in [1.165, 1.54) is 6.92 Å². The Hall–Kier alpha value is -1.40. The van der Waals surface area contributed by atoms with Crippen LogP contribution in [0.15, 0.2) is 29.2 Å². The Balaban J connectivity index is 2.10. The van der Waals surface area contributed by atoms with Crippen molar-refractivity contribution in [2.75, 3.05) is 13.1 Å². The van der Waals surface area contributed by atoms with Crippen molar-refractivity contribution >= 4 is 15.9 Å². The minimum atomic E-state index is -3.39.